The topological polar surface area (TPSA) is 63.2 Å². The molecular formula is C22H23N3O2. The average molecular weight is 361 g/mol. The number of fused-ring (bicyclic) bond motifs is 2. The summed E-state index contributed by atoms with van der Waals surface area (Å²) >= 11 is 0. The highest BCUT2D eigenvalue weighted by atomic mass is 16.5. The first-order valence-corrected chi connectivity index (χ1v) is 9.42. The normalized spacial score (nSPS) is 13.0. The van der Waals surface area contributed by atoms with Gasteiger partial charge >= 0.3 is 6.03 Å². The van der Waals surface area contributed by atoms with Crippen LogP contribution in [0, 0.1) is 0 Å². The molecule has 3 aromatic rings. The van der Waals surface area contributed by atoms with Crippen molar-refractivity contribution in [3.05, 3.63) is 66.0 Å². The first kappa shape index (κ1) is 17.3. The van der Waals surface area contributed by atoms with Crippen LogP contribution in [0.5, 0.6) is 5.75 Å². The molecule has 0 saturated carbocycles. The number of carbonyl (C=O) groups is 1. The average Bonchev–Trinajstić information content (AvgIpc) is 2.71. The second kappa shape index (κ2) is 8.08. The molecule has 2 aromatic carbocycles. The zero-order chi connectivity index (χ0) is 18.5. The number of pyridine rings is 1. The lowest BCUT2D eigenvalue weighted by Crippen LogP contribution is -2.32. The van der Waals surface area contributed by atoms with E-state index in [1.54, 1.807) is 12.4 Å². The molecule has 1 heterocycles. The number of carbonyl (C=O) groups excluding carboxylic acids is 1. The summed E-state index contributed by atoms with van der Waals surface area (Å²) in [4.78, 5) is 16.3. The maximum absolute atomic E-state index is 12.2. The van der Waals surface area contributed by atoms with Gasteiger partial charge in [0.1, 0.15) is 12.4 Å². The highest BCUT2D eigenvalue weighted by molar-refractivity contribution is 6.01. The van der Waals surface area contributed by atoms with Crippen LogP contribution in [0.4, 0.5) is 10.5 Å². The Morgan fingerprint density at radius 3 is 2.89 bits per heavy atom. The summed E-state index contributed by atoms with van der Waals surface area (Å²) in [5, 5.41) is 7.69. The third kappa shape index (κ3) is 4.19. The molecule has 1 aliphatic carbocycles. The molecule has 138 valence electrons. The molecule has 0 spiro atoms. The Morgan fingerprint density at radius 1 is 1.07 bits per heavy atom. The van der Waals surface area contributed by atoms with Gasteiger partial charge in [0, 0.05) is 23.2 Å². The van der Waals surface area contributed by atoms with Crippen LogP contribution in [0.25, 0.3) is 10.8 Å². The SMILES string of the molecule is O=C(NCCOc1ccc2c(c1)CCCC2)Nc1cccc2cnccc12. The Morgan fingerprint density at radius 2 is 1.96 bits per heavy atom. The van der Waals surface area contributed by atoms with E-state index in [-0.39, 0.29) is 6.03 Å². The predicted molar refractivity (Wildman–Crippen MR) is 107 cm³/mol. The lowest BCUT2D eigenvalue weighted by molar-refractivity contribution is 0.247. The number of aryl methyl sites for hydroxylation is 2. The van der Waals surface area contributed by atoms with Crippen molar-refractivity contribution in [2.24, 2.45) is 0 Å². The number of aromatic nitrogens is 1. The Hall–Kier alpha value is -3.08. The molecule has 1 aliphatic rings. The minimum atomic E-state index is -0.242. The van der Waals surface area contributed by atoms with Gasteiger partial charge < -0.3 is 15.4 Å². The minimum Gasteiger partial charge on any atom is -0.492 e. The van der Waals surface area contributed by atoms with E-state index in [2.05, 4.69) is 27.8 Å². The molecular weight excluding hydrogens is 338 g/mol. The van der Waals surface area contributed by atoms with Crippen molar-refractivity contribution in [3.8, 4) is 5.75 Å². The van der Waals surface area contributed by atoms with E-state index >= 15 is 0 Å². The zero-order valence-corrected chi connectivity index (χ0v) is 15.2. The molecule has 5 heteroatoms. The van der Waals surface area contributed by atoms with Crippen LogP contribution in [0.1, 0.15) is 24.0 Å². The molecule has 5 nitrogen and oxygen atoms in total. The van der Waals surface area contributed by atoms with Crippen molar-refractivity contribution < 1.29 is 9.53 Å². The van der Waals surface area contributed by atoms with Crippen LogP contribution in [-0.4, -0.2) is 24.2 Å². The molecule has 0 atom stereocenters. The number of ether oxygens (including phenoxy) is 1. The van der Waals surface area contributed by atoms with Gasteiger partial charge in [-0.15, -0.1) is 0 Å². The maximum atomic E-state index is 12.2. The van der Waals surface area contributed by atoms with Gasteiger partial charge in [-0.1, -0.05) is 18.2 Å². The van der Waals surface area contributed by atoms with Gasteiger partial charge in [0.2, 0.25) is 0 Å². The third-order valence-electron chi connectivity index (χ3n) is 4.91. The molecule has 27 heavy (non-hydrogen) atoms. The number of nitrogens with zero attached hydrogens (tertiary/aromatic N) is 1. The van der Waals surface area contributed by atoms with Gasteiger partial charge in [-0.3, -0.25) is 4.98 Å². The molecule has 4 rings (SSSR count). The quantitative estimate of drug-likeness (QED) is 0.666. The lowest BCUT2D eigenvalue weighted by atomic mass is 9.92. The second-order valence-corrected chi connectivity index (χ2v) is 6.77. The van der Waals surface area contributed by atoms with E-state index in [0.717, 1.165) is 28.6 Å². The van der Waals surface area contributed by atoms with E-state index in [4.69, 9.17) is 4.74 Å². The Bertz CT molecular complexity index is 950. The summed E-state index contributed by atoms with van der Waals surface area (Å²) in [6.45, 7) is 0.876. The van der Waals surface area contributed by atoms with Gasteiger partial charge in [0.05, 0.1) is 12.2 Å². The van der Waals surface area contributed by atoms with E-state index in [0.29, 0.717) is 13.2 Å². The van der Waals surface area contributed by atoms with Crippen LogP contribution < -0.4 is 15.4 Å². The zero-order valence-electron chi connectivity index (χ0n) is 15.2. The van der Waals surface area contributed by atoms with Gasteiger partial charge in [0.15, 0.2) is 0 Å². The molecule has 0 radical (unpaired) electrons. The van der Waals surface area contributed by atoms with Crippen LogP contribution in [0.15, 0.2) is 54.9 Å². The van der Waals surface area contributed by atoms with E-state index < -0.39 is 0 Å². The first-order chi connectivity index (χ1) is 13.3. The van der Waals surface area contributed by atoms with Crippen molar-refractivity contribution >= 4 is 22.5 Å². The molecule has 0 fully saturated rings. The number of urea groups is 1. The van der Waals surface area contributed by atoms with Crippen LogP contribution in [-0.2, 0) is 12.8 Å². The number of amides is 2. The van der Waals surface area contributed by atoms with Crippen molar-refractivity contribution in [2.75, 3.05) is 18.5 Å². The summed E-state index contributed by atoms with van der Waals surface area (Å²) < 4.78 is 5.79. The van der Waals surface area contributed by atoms with Crippen LogP contribution >= 0.6 is 0 Å². The lowest BCUT2D eigenvalue weighted by Gasteiger charge is -2.17. The molecule has 0 unspecified atom stereocenters. The van der Waals surface area contributed by atoms with Crippen LogP contribution in [0.2, 0.25) is 0 Å². The van der Waals surface area contributed by atoms with E-state index in [9.17, 15) is 4.79 Å². The minimum absolute atomic E-state index is 0.242. The highest BCUT2D eigenvalue weighted by Gasteiger charge is 2.10. The summed E-state index contributed by atoms with van der Waals surface area (Å²) in [5.74, 6) is 0.874. The smallest absolute Gasteiger partial charge is 0.319 e. The van der Waals surface area contributed by atoms with Gasteiger partial charge in [-0.25, -0.2) is 4.79 Å². The standard InChI is InChI=1S/C22H23N3O2/c26-22(25-21-7-3-6-18-15-23-11-10-20(18)21)24-12-13-27-19-9-8-16-4-1-2-5-17(16)14-19/h3,6-11,14-15H,1-2,4-5,12-13H2,(H2,24,25,26). The number of benzene rings is 2. The van der Waals surface area contributed by atoms with Gasteiger partial charge in [-0.05, 0) is 61.1 Å². The van der Waals surface area contributed by atoms with E-state index in [1.807, 2.05) is 30.3 Å². The van der Waals surface area contributed by atoms with Crippen molar-refractivity contribution in [1.29, 1.82) is 0 Å². The first-order valence-electron chi connectivity index (χ1n) is 9.42. The molecule has 1 aromatic heterocycles. The van der Waals surface area contributed by atoms with Crippen molar-refractivity contribution in [2.45, 2.75) is 25.7 Å². The predicted octanol–water partition coefficient (Wildman–Crippen LogP) is 4.31. The fraction of sp³-hybridized carbons (Fsp3) is 0.273. The maximum Gasteiger partial charge on any atom is 0.319 e. The largest absolute Gasteiger partial charge is 0.492 e. The second-order valence-electron chi connectivity index (χ2n) is 6.77. The Kier molecular flexibility index (Phi) is 5.19. The van der Waals surface area contributed by atoms with Gasteiger partial charge in [0.25, 0.3) is 0 Å². The number of hydrogen-bond acceptors (Lipinski definition) is 3. The molecule has 0 bridgehead atoms. The summed E-state index contributed by atoms with van der Waals surface area (Å²) in [7, 11) is 0. The summed E-state index contributed by atoms with van der Waals surface area (Å²) in [6.07, 6.45) is 8.33. The summed E-state index contributed by atoms with van der Waals surface area (Å²) in [5.41, 5.74) is 3.61. The molecule has 2 N–H and O–H groups in total. The monoisotopic (exact) mass is 361 g/mol. The van der Waals surface area contributed by atoms with E-state index in [1.165, 1.54) is 30.4 Å². The van der Waals surface area contributed by atoms with Crippen molar-refractivity contribution in [1.82, 2.24) is 10.3 Å². The molecule has 2 amide bonds. The summed E-state index contributed by atoms with van der Waals surface area (Å²) in [6, 6.07) is 13.7. The number of anilines is 1. The Labute approximate surface area is 158 Å². The molecule has 0 saturated heterocycles. The van der Waals surface area contributed by atoms with Gasteiger partial charge in [-0.2, -0.15) is 0 Å². The third-order valence-corrected chi connectivity index (χ3v) is 4.91. The number of nitrogens with one attached hydrogen (secondary N) is 2. The highest BCUT2D eigenvalue weighted by Crippen LogP contribution is 2.25. The van der Waals surface area contributed by atoms with Crippen LogP contribution in [0.3, 0.4) is 0 Å². The molecule has 0 aliphatic heterocycles. The fourth-order valence-electron chi connectivity index (χ4n) is 3.53. The Balaban J connectivity index is 1.27. The fourth-order valence-corrected chi connectivity index (χ4v) is 3.53. The number of rotatable bonds is 5. The number of hydrogen-bond donors (Lipinski definition) is 2. The van der Waals surface area contributed by atoms with Crippen molar-refractivity contribution in [3.63, 3.8) is 0 Å².